The number of carbonyl (C=O) groups excluding carboxylic acids is 1. The Hall–Kier alpha value is -2.07. The average molecular weight is 271 g/mol. The van der Waals surface area contributed by atoms with Crippen molar-refractivity contribution in [1.29, 1.82) is 0 Å². The Bertz CT molecular complexity index is 548. The van der Waals surface area contributed by atoms with Crippen molar-refractivity contribution in [3.63, 3.8) is 0 Å². The second-order valence-corrected chi connectivity index (χ2v) is 4.82. The summed E-state index contributed by atoms with van der Waals surface area (Å²) in [6.07, 6.45) is 0. The highest BCUT2D eigenvalue weighted by Gasteiger charge is 2.10. The lowest BCUT2D eigenvalue weighted by Crippen LogP contribution is -2.38. The van der Waals surface area contributed by atoms with Gasteiger partial charge in [-0.1, -0.05) is 37.3 Å². The van der Waals surface area contributed by atoms with Gasteiger partial charge in [-0.3, -0.25) is 4.79 Å². The zero-order chi connectivity index (χ0) is 14.4. The molecule has 20 heavy (non-hydrogen) atoms. The number of aromatic amines is 1. The van der Waals surface area contributed by atoms with Crippen LogP contribution >= 0.6 is 0 Å². The van der Waals surface area contributed by atoms with Gasteiger partial charge in [0.15, 0.2) is 0 Å². The van der Waals surface area contributed by atoms with E-state index in [0.717, 1.165) is 17.8 Å². The van der Waals surface area contributed by atoms with Gasteiger partial charge < -0.3 is 15.6 Å². The van der Waals surface area contributed by atoms with Crippen LogP contribution in [0, 0.1) is 0 Å². The smallest absolute Gasteiger partial charge is 0.267 e. The molecule has 1 amide bonds. The largest absolute Gasteiger partial charge is 0.351 e. The molecule has 0 unspecified atom stereocenters. The molecular weight excluding hydrogens is 250 g/mol. The van der Waals surface area contributed by atoms with E-state index in [1.54, 1.807) is 0 Å². The van der Waals surface area contributed by atoms with Gasteiger partial charge in [0.2, 0.25) is 0 Å². The summed E-state index contributed by atoms with van der Waals surface area (Å²) in [5.41, 5.74) is 2.62. The molecule has 1 aromatic heterocycles. The Balaban J connectivity index is 1.97. The van der Waals surface area contributed by atoms with Crippen LogP contribution in [0.15, 0.2) is 42.5 Å². The third-order valence-electron chi connectivity index (χ3n) is 3.14. The summed E-state index contributed by atoms with van der Waals surface area (Å²) in [4.78, 5) is 15.2. The predicted octanol–water partition coefficient (Wildman–Crippen LogP) is 2.41. The second-order valence-electron chi connectivity index (χ2n) is 4.82. The van der Waals surface area contributed by atoms with Crippen molar-refractivity contribution < 1.29 is 4.79 Å². The minimum Gasteiger partial charge on any atom is -0.351 e. The summed E-state index contributed by atoms with van der Waals surface area (Å²) in [6.45, 7) is 5.62. The molecule has 2 aromatic rings. The maximum atomic E-state index is 12.0. The Morgan fingerprint density at radius 2 is 1.95 bits per heavy atom. The summed E-state index contributed by atoms with van der Waals surface area (Å²) < 4.78 is 0. The van der Waals surface area contributed by atoms with Crippen LogP contribution in [0.4, 0.5) is 0 Å². The number of carbonyl (C=O) groups is 1. The molecule has 0 saturated heterocycles. The van der Waals surface area contributed by atoms with Crippen LogP contribution in [-0.4, -0.2) is 30.0 Å². The van der Waals surface area contributed by atoms with Crippen molar-refractivity contribution in [1.82, 2.24) is 15.6 Å². The first-order valence-electron chi connectivity index (χ1n) is 6.96. The van der Waals surface area contributed by atoms with Crippen LogP contribution in [0.5, 0.6) is 0 Å². The summed E-state index contributed by atoms with van der Waals surface area (Å²) in [5, 5.41) is 6.17. The molecule has 1 heterocycles. The van der Waals surface area contributed by atoms with Crippen LogP contribution < -0.4 is 10.6 Å². The van der Waals surface area contributed by atoms with E-state index in [2.05, 4.69) is 22.5 Å². The number of hydrogen-bond acceptors (Lipinski definition) is 2. The molecule has 1 atom stereocenters. The van der Waals surface area contributed by atoms with Crippen molar-refractivity contribution in [3.05, 3.63) is 48.2 Å². The molecule has 1 aromatic carbocycles. The number of nitrogens with one attached hydrogen (secondary N) is 3. The van der Waals surface area contributed by atoms with Crippen molar-refractivity contribution in [2.45, 2.75) is 19.9 Å². The number of amides is 1. The van der Waals surface area contributed by atoms with Crippen LogP contribution in [0.3, 0.4) is 0 Å². The number of likely N-dealkylation sites (N-methyl/N-ethyl adjacent to an activating group) is 1. The topological polar surface area (TPSA) is 56.9 Å². The van der Waals surface area contributed by atoms with Crippen molar-refractivity contribution in [2.75, 3.05) is 13.1 Å². The van der Waals surface area contributed by atoms with Gasteiger partial charge in [-0.25, -0.2) is 0 Å². The molecule has 0 fully saturated rings. The summed E-state index contributed by atoms with van der Waals surface area (Å²) in [6, 6.07) is 14.0. The molecule has 0 spiro atoms. The standard InChI is InChI=1S/C16H21N3O/c1-3-17-12(2)11-18-16(20)15-10-9-14(19-15)13-7-5-4-6-8-13/h4-10,12,17,19H,3,11H2,1-2H3,(H,18,20)/t12-/m1/s1. The number of H-pyrrole nitrogens is 1. The molecule has 0 bridgehead atoms. The van der Waals surface area contributed by atoms with E-state index in [1.165, 1.54) is 0 Å². The van der Waals surface area contributed by atoms with Gasteiger partial charge >= 0.3 is 0 Å². The number of hydrogen-bond donors (Lipinski definition) is 3. The normalized spacial score (nSPS) is 12.1. The fourth-order valence-electron chi connectivity index (χ4n) is 2.08. The first-order chi connectivity index (χ1) is 9.70. The summed E-state index contributed by atoms with van der Waals surface area (Å²) in [5.74, 6) is -0.0723. The molecule has 3 N–H and O–H groups in total. The van der Waals surface area contributed by atoms with Crippen LogP contribution in [0.2, 0.25) is 0 Å². The Morgan fingerprint density at radius 3 is 2.65 bits per heavy atom. The number of benzene rings is 1. The van der Waals surface area contributed by atoms with Gasteiger partial charge in [0.1, 0.15) is 5.69 Å². The molecule has 0 radical (unpaired) electrons. The Kier molecular flexibility index (Phi) is 4.96. The second kappa shape index (κ2) is 6.91. The van der Waals surface area contributed by atoms with E-state index in [0.29, 0.717) is 12.2 Å². The SMILES string of the molecule is CCN[C@H](C)CNC(=O)c1ccc(-c2ccccc2)[nH]1. The maximum absolute atomic E-state index is 12.0. The van der Waals surface area contributed by atoms with E-state index in [9.17, 15) is 4.79 Å². The van der Waals surface area contributed by atoms with E-state index >= 15 is 0 Å². The fourth-order valence-corrected chi connectivity index (χ4v) is 2.08. The number of rotatable bonds is 6. The monoisotopic (exact) mass is 271 g/mol. The Labute approximate surface area is 119 Å². The van der Waals surface area contributed by atoms with Crippen LogP contribution in [0.25, 0.3) is 11.3 Å². The van der Waals surface area contributed by atoms with Gasteiger partial charge in [-0.2, -0.15) is 0 Å². The van der Waals surface area contributed by atoms with E-state index in [1.807, 2.05) is 49.4 Å². The Morgan fingerprint density at radius 1 is 1.20 bits per heavy atom. The first-order valence-corrected chi connectivity index (χ1v) is 6.96. The average Bonchev–Trinajstić information content (AvgIpc) is 2.96. The molecule has 2 rings (SSSR count). The molecule has 0 saturated carbocycles. The summed E-state index contributed by atoms with van der Waals surface area (Å²) >= 11 is 0. The highest BCUT2D eigenvalue weighted by atomic mass is 16.1. The van der Waals surface area contributed by atoms with E-state index < -0.39 is 0 Å². The van der Waals surface area contributed by atoms with Crippen molar-refractivity contribution in [2.24, 2.45) is 0 Å². The molecule has 0 aliphatic carbocycles. The van der Waals surface area contributed by atoms with Crippen LogP contribution in [-0.2, 0) is 0 Å². The first kappa shape index (κ1) is 14.3. The van der Waals surface area contributed by atoms with Crippen molar-refractivity contribution in [3.8, 4) is 11.3 Å². The molecule has 106 valence electrons. The van der Waals surface area contributed by atoms with Gasteiger partial charge in [0.25, 0.3) is 5.91 Å². The third kappa shape index (κ3) is 3.71. The van der Waals surface area contributed by atoms with Crippen LogP contribution in [0.1, 0.15) is 24.3 Å². The lowest BCUT2D eigenvalue weighted by atomic mass is 10.2. The highest BCUT2D eigenvalue weighted by molar-refractivity contribution is 5.93. The molecule has 0 aliphatic rings. The maximum Gasteiger partial charge on any atom is 0.267 e. The lowest BCUT2D eigenvalue weighted by molar-refractivity contribution is 0.0946. The van der Waals surface area contributed by atoms with E-state index in [4.69, 9.17) is 0 Å². The van der Waals surface area contributed by atoms with E-state index in [-0.39, 0.29) is 11.9 Å². The minimum absolute atomic E-state index is 0.0723. The lowest BCUT2D eigenvalue weighted by Gasteiger charge is -2.12. The van der Waals surface area contributed by atoms with Crippen molar-refractivity contribution >= 4 is 5.91 Å². The number of aromatic nitrogens is 1. The summed E-state index contributed by atoms with van der Waals surface area (Å²) in [7, 11) is 0. The van der Waals surface area contributed by atoms with Gasteiger partial charge in [-0.05, 0) is 31.2 Å². The highest BCUT2D eigenvalue weighted by Crippen LogP contribution is 2.17. The molecule has 0 aliphatic heterocycles. The predicted molar refractivity (Wildman–Crippen MR) is 81.7 cm³/mol. The minimum atomic E-state index is -0.0723. The fraction of sp³-hybridized carbons (Fsp3) is 0.312. The van der Waals surface area contributed by atoms with Gasteiger partial charge in [0.05, 0.1) is 0 Å². The van der Waals surface area contributed by atoms with Gasteiger partial charge in [0, 0.05) is 18.3 Å². The molecule has 4 heteroatoms. The van der Waals surface area contributed by atoms with Gasteiger partial charge in [-0.15, -0.1) is 0 Å². The molecule has 4 nitrogen and oxygen atoms in total. The quantitative estimate of drug-likeness (QED) is 0.755. The third-order valence-corrected chi connectivity index (χ3v) is 3.14. The zero-order valence-electron chi connectivity index (χ0n) is 11.9. The molecular formula is C16H21N3O. The zero-order valence-corrected chi connectivity index (χ0v) is 11.9.